The third-order valence-corrected chi connectivity index (χ3v) is 9.51. The molecule has 0 aliphatic carbocycles. The Kier molecular flexibility index (Phi) is 39.2. The zero-order valence-electron chi connectivity index (χ0n) is 35.3. The number of ether oxygens (including phenoxy) is 2. The summed E-state index contributed by atoms with van der Waals surface area (Å²) in [4.78, 5) is 34.9. The highest BCUT2D eigenvalue weighted by Crippen LogP contribution is 2.43. The number of esters is 2. The first-order valence-corrected chi connectivity index (χ1v) is 23.1. The van der Waals surface area contributed by atoms with E-state index in [4.69, 9.17) is 19.1 Å². The zero-order chi connectivity index (χ0) is 41.9. The minimum absolute atomic E-state index is 0.110. The van der Waals surface area contributed by atoms with Crippen molar-refractivity contribution in [1.82, 2.24) is 0 Å². The molecule has 0 spiro atoms. The second kappa shape index (κ2) is 41.3. The van der Waals surface area contributed by atoms with Crippen LogP contribution in [0.5, 0.6) is 0 Å². The van der Waals surface area contributed by atoms with Crippen molar-refractivity contribution in [2.24, 2.45) is 0 Å². The molecule has 0 saturated carbocycles. The summed E-state index contributed by atoms with van der Waals surface area (Å²) in [5.41, 5.74) is 0. The van der Waals surface area contributed by atoms with Crippen molar-refractivity contribution in [3.63, 3.8) is 0 Å². The van der Waals surface area contributed by atoms with Gasteiger partial charge in [0, 0.05) is 12.8 Å². The molecule has 0 rings (SSSR count). The average Bonchev–Trinajstić information content (AvgIpc) is 3.20. The maximum absolute atomic E-state index is 12.6. The molecule has 0 aromatic heterocycles. The molecular formula is C46H77O10P. The summed E-state index contributed by atoms with van der Waals surface area (Å²) in [7, 11) is -4.64. The van der Waals surface area contributed by atoms with Gasteiger partial charge in [-0.1, -0.05) is 150 Å². The summed E-state index contributed by atoms with van der Waals surface area (Å²) in [5.74, 6) is -1.05. The summed E-state index contributed by atoms with van der Waals surface area (Å²) in [6.07, 6.45) is 48.4. The fourth-order valence-electron chi connectivity index (χ4n) is 5.20. The lowest BCUT2D eigenvalue weighted by Gasteiger charge is -2.20. The second-order valence-electron chi connectivity index (χ2n) is 14.0. The van der Waals surface area contributed by atoms with Crippen molar-refractivity contribution in [2.45, 2.75) is 167 Å². The number of allylic oxidation sites excluding steroid dienone is 14. The summed E-state index contributed by atoms with van der Waals surface area (Å²) >= 11 is 0. The number of unbranched alkanes of at least 4 members (excludes halogenated alkanes) is 12. The molecule has 0 fully saturated rings. The Hall–Kier alpha value is -2.85. The van der Waals surface area contributed by atoms with Crippen LogP contribution in [0.25, 0.3) is 0 Å². The number of rotatable bonds is 39. The molecule has 0 amide bonds. The van der Waals surface area contributed by atoms with Crippen LogP contribution in [0.3, 0.4) is 0 Å². The van der Waals surface area contributed by atoms with Crippen molar-refractivity contribution >= 4 is 19.8 Å². The number of hydrogen-bond donors (Lipinski definition) is 3. The van der Waals surface area contributed by atoms with Gasteiger partial charge in [-0.3, -0.25) is 18.6 Å². The second-order valence-corrected chi connectivity index (χ2v) is 15.5. The Balaban J connectivity index is 4.47. The van der Waals surface area contributed by atoms with E-state index < -0.39 is 51.8 Å². The normalized spacial score (nSPS) is 14.7. The van der Waals surface area contributed by atoms with E-state index in [1.54, 1.807) is 0 Å². The minimum Gasteiger partial charge on any atom is -0.462 e. The summed E-state index contributed by atoms with van der Waals surface area (Å²) in [6, 6.07) is 0. The lowest BCUT2D eigenvalue weighted by molar-refractivity contribution is -0.161. The van der Waals surface area contributed by atoms with Crippen molar-refractivity contribution in [3.8, 4) is 0 Å². The maximum atomic E-state index is 12.6. The van der Waals surface area contributed by atoms with Gasteiger partial charge in [-0.25, -0.2) is 4.57 Å². The zero-order valence-corrected chi connectivity index (χ0v) is 36.2. The Morgan fingerprint density at radius 3 is 1.58 bits per heavy atom. The molecule has 57 heavy (non-hydrogen) atoms. The van der Waals surface area contributed by atoms with Crippen LogP contribution in [-0.2, 0) is 32.7 Å². The highest BCUT2D eigenvalue weighted by atomic mass is 31.2. The van der Waals surface area contributed by atoms with Gasteiger partial charge >= 0.3 is 19.8 Å². The molecule has 10 nitrogen and oxygen atoms in total. The Bertz CT molecular complexity index is 1220. The number of aliphatic hydroxyl groups is 2. The molecule has 1 unspecified atom stereocenters. The van der Waals surface area contributed by atoms with Crippen LogP contribution >= 0.6 is 7.82 Å². The van der Waals surface area contributed by atoms with Gasteiger partial charge in [-0.15, -0.1) is 0 Å². The minimum atomic E-state index is -4.64. The molecule has 326 valence electrons. The lowest BCUT2D eigenvalue weighted by atomic mass is 10.1. The molecule has 0 aliphatic rings. The van der Waals surface area contributed by atoms with Gasteiger partial charge in [0.15, 0.2) is 6.10 Å². The predicted octanol–water partition coefficient (Wildman–Crippen LogP) is 11.4. The van der Waals surface area contributed by atoms with Gasteiger partial charge in [0.05, 0.1) is 19.8 Å². The summed E-state index contributed by atoms with van der Waals surface area (Å²) in [5, 5.41) is 18.3. The summed E-state index contributed by atoms with van der Waals surface area (Å²) < 4.78 is 32.6. The largest absolute Gasteiger partial charge is 0.472 e. The van der Waals surface area contributed by atoms with Gasteiger partial charge in [-0.2, -0.15) is 0 Å². The van der Waals surface area contributed by atoms with Crippen LogP contribution < -0.4 is 0 Å². The topological polar surface area (TPSA) is 149 Å². The van der Waals surface area contributed by atoms with E-state index in [9.17, 15) is 24.2 Å². The highest BCUT2D eigenvalue weighted by Gasteiger charge is 2.27. The Morgan fingerprint density at radius 2 is 1.00 bits per heavy atom. The number of phosphoric acid groups is 1. The molecule has 0 saturated heterocycles. The smallest absolute Gasteiger partial charge is 0.462 e. The quantitative estimate of drug-likeness (QED) is 0.0180. The van der Waals surface area contributed by atoms with E-state index in [2.05, 4.69) is 91.3 Å². The van der Waals surface area contributed by atoms with E-state index in [-0.39, 0.29) is 19.4 Å². The van der Waals surface area contributed by atoms with E-state index >= 15 is 0 Å². The first-order valence-electron chi connectivity index (χ1n) is 21.6. The van der Waals surface area contributed by atoms with Gasteiger partial charge in [-0.05, 0) is 77.0 Å². The molecule has 0 aromatic rings. The fourth-order valence-corrected chi connectivity index (χ4v) is 5.99. The van der Waals surface area contributed by atoms with E-state index in [1.165, 1.54) is 51.4 Å². The number of carbonyl (C=O) groups excluding carboxylic acids is 2. The predicted molar refractivity (Wildman–Crippen MR) is 233 cm³/mol. The Morgan fingerprint density at radius 1 is 0.544 bits per heavy atom. The molecular weight excluding hydrogens is 743 g/mol. The molecule has 3 atom stereocenters. The van der Waals surface area contributed by atoms with Crippen LogP contribution in [-0.4, -0.2) is 65.7 Å². The third-order valence-electron chi connectivity index (χ3n) is 8.56. The van der Waals surface area contributed by atoms with Crippen molar-refractivity contribution in [2.75, 3.05) is 26.4 Å². The number of carbonyl (C=O) groups is 2. The first kappa shape index (κ1) is 54.2. The van der Waals surface area contributed by atoms with Gasteiger partial charge < -0.3 is 24.6 Å². The van der Waals surface area contributed by atoms with Crippen LogP contribution in [0.15, 0.2) is 85.1 Å². The maximum Gasteiger partial charge on any atom is 0.472 e. The van der Waals surface area contributed by atoms with Gasteiger partial charge in [0.25, 0.3) is 0 Å². The van der Waals surface area contributed by atoms with E-state index in [0.29, 0.717) is 12.8 Å². The molecule has 0 radical (unpaired) electrons. The highest BCUT2D eigenvalue weighted by molar-refractivity contribution is 7.47. The molecule has 0 heterocycles. The molecule has 11 heteroatoms. The van der Waals surface area contributed by atoms with Crippen LogP contribution in [0.4, 0.5) is 0 Å². The monoisotopic (exact) mass is 821 g/mol. The molecule has 0 aliphatic heterocycles. The fraction of sp³-hybridized carbons (Fsp3) is 0.652. The SMILES string of the molecule is CCCCC/C=C/C/C=C/C/C=C/C/C=C/C/C=C/CCC(=O)OC[C@H](COP(=O)(O)OC[C@@H](O)CO)OC(=O)CCCCCCC/C=C/C=C/CCCCCC. The van der Waals surface area contributed by atoms with Crippen molar-refractivity contribution < 1.29 is 47.8 Å². The molecule has 0 aromatic carbocycles. The van der Waals surface area contributed by atoms with Crippen molar-refractivity contribution in [3.05, 3.63) is 85.1 Å². The molecule has 3 N–H and O–H groups in total. The van der Waals surface area contributed by atoms with E-state index in [0.717, 1.165) is 64.2 Å². The van der Waals surface area contributed by atoms with Crippen LogP contribution in [0, 0.1) is 0 Å². The number of aliphatic hydroxyl groups excluding tert-OH is 2. The van der Waals surface area contributed by atoms with Gasteiger partial charge in [0.2, 0.25) is 0 Å². The third kappa shape index (κ3) is 41.1. The van der Waals surface area contributed by atoms with Gasteiger partial charge in [0.1, 0.15) is 12.7 Å². The number of hydrogen-bond acceptors (Lipinski definition) is 9. The standard InChI is InChI=1S/C46H77O10P/c1-3-5-7-9-11-13-15-17-19-20-21-22-24-25-27-29-31-33-35-37-45(49)53-41-44(42-55-57(51,52)54-40-43(48)39-47)56-46(50)38-36-34-32-30-28-26-23-18-16-14-12-10-8-6-4-2/h11,13-14,16-19,21-23,25,27,31,33,43-44,47-48H,3-10,12,15,20,24,26,28-30,32,34-42H2,1-2H3,(H,51,52)/b13-11+,16-14+,19-17+,22-21+,23-18+,27-25+,33-31+/t43-,44+/m0/s1. The Labute approximate surface area is 345 Å². The van der Waals surface area contributed by atoms with Crippen LogP contribution in [0.1, 0.15) is 155 Å². The molecule has 0 bridgehead atoms. The first-order chi connectivity index (χ1) is 27.7. The van der Waals surface area contributed by atoms with Crippen LogP contribution in [0.2, 0.25) is 0 Å². The van der Waals surface area contributed by atoms with E-state index in [1.807, 2.05) is 12.2 Å². The summed E-state index contributed by atoms with van der Waals surface area (Å²) in [6.45, 7) is 2.21. The van der Waals surface area contributed by atoms with Crippen molar-refractivity contribution in [1.29, 1.82) is 0 Å². The lowest BCUT2D eigenvalue weighted by Crippen LogP contribution is -2.29. The average molecular weight is 821 g/mol. The number of phosphoric ester groups is 1.